The Labute approximate surface area is 395 Å². The fourth-order valence-electron chi connectivity index (χ4n) is 12.0. The summed E-state index contributed by atoms with van der Waals surface area (Å²) in [5, 5.41) is 2.12. The molecule has 0 fully saturated rings. The Morgan fingerprint density at radius 2 is 0.853 bits per heavy atom. The molecular weight excluding hydrogens is 829 g/mol. The molecular formula is C64H44N2O2. The molecule has 4 heteroatoms. The minimum Gasteiger partial charge on any atom is -0.457 e. The summed E-state index contributed by atoms with van der Waals surface area (Å²) in [6.45, 7) is 4.69. The molecule has 10 aromatic carbocycles. The van der Waals surface area contributed by atoms with E-state index in [4.69, 9.17) is 9.15 Å². The van der Waals surface area contributed by atoms with E-state index in [-0.39, 0.29) is 5.41 Å². The average Bonchev–Trinajstić information content (AvgIpc) is 3.99. The van der Waals surface area contributed by atoms with Crippen LogP contribution in [0.4, 0.5) is 34.1 Å². The summed E-state index contributed by atoms with van der Waals surface area (Å²) in [7, 11) is 0. The Balaban J connectivity index is 0.954. The Kier molecular flexibility index (Phi) is 8.21. The van der Waals surface area contributed by atoms with Crippen LogP contribution in [0.25, 0.3) is 44.2 Å². The highest BCUT2D eigenvalue weighted by atomic mass is 16.5. The van der Waals surface area contributed by atoms with Crippen molar-refractivity contribution in [1.29, 1.82) is 0 Å². The SMILES string of the molecule is CC1(C)c2ccccc2-c2ccc(N(c3ccccc3)c3ccc(N(c4ccc5c(c4)Oc4ccccc4C54c5ccccc5-c5ccccc54)c4cccc5oc6ccccc6c45)cc3)cc21. The molecule has 4 nitrogen and oxygen atoms in total. The van der Waals surface area contributed by atoms with Crippen LogP contribution in [0.15, 0.2) is 235 Å². The van der Waals surface area contributed by atoms with Gasteiger partial charge in [-0.2, -0.15) is 0 Å². The van der Waals surface area contributed by atoms with Gasteiger partial charge >= 0.3 is 0 Å². The maximum Gasteiger partial charge on any atom is 0.137 e. The van der Waals surface area contributed by atoms with E-state index in [0.29, 0.717) is 0 Å². The molecule has 0 saturated carbocycles. The van der Waals surface area contributed by atoms with E-state index < -0.39 is 5.41 Å². The van der Waals surface area contributed by atoms with E-state index in [1.807, 2.05) is 6.07 Å². The molecule has 0 atom stereocenters. The quantitative estimate of drug-likeness (QED) is 0.166. The van der Waals surface area contributed by atoms with Crippen molar-refractivity contribution in [2.24, 2.45) is 0 Å². The predicted molar refractivity (Wildman–Crippen MR) is 278 cm³/mol. The van der Waals surface area contributed by atoms with Gasteiger partial charge in [0.2, 0.25) is 0 Å². The van der Waals surface area contributed by atoms with Crippen LogP contribution in [0.2, 0.25) is 0 Å². The Morgan fingerprint density at radius 1 is 0.338 bits per heavy atom. The lowest BCUT2D eigenvalue weighted by molar-refractivity contribution is 0.436. The van der Waals surface area contributed by atoms with Gasteiger partial charge in [-0.05, 0) is 123 Å². The fourth-order valence-corrected chi connectivity index (χ4v) is 12.0. The van der Waals surface area contributed by atoms with E-state index in [1.165, 1.54) is 44.5 Å². The Bertz CT molecular complexity index is 3780. The van der Waals surface area contributed by atoms with Crippen LogP contribution in [-0.4, -0.2) is 0 Å². The first-order chi connectivity index (χ1) is 33.5. The van der Waals surface area contributed by atoms with Gasteiger partial charge in [-0.1, -0.05) is 159 Å². The molecule has 2 heterocycles. The third kappa shape index (κ3) is 5.37. The van der Waals surface area contributed by atoms with Crippen LogP contribution in [0.5, 0.6) is 11.5 Å². The number of hydrogen-bond acceptors (Lipinski definition) is 4. The number of hydrogen-bond donors (Lipinski definition) is 0. The number of ether oxygens (including phenoxy) is 1. The highest BCUT2D eigenvalue weighted by Gasteiger charge is 2.51. The monoisotopic (exact) mass is 872 g/mol. The minimum absolute atomic E-state index is 0.127. The molecule has 1 aromatic heterocycles. The summed E-state index contributed by atoms with van der Waals surface area (Å²) in [6.07, 6.45) is 0. The average molecular weight is 873 g/mol. The largest absolute Gasteiger partial charge is 0.457 e. The van der Waals surface area contributed by atoms with Crippen LogP contribution in [0, 0.1) is 0 Å². The van der Waals surface area contributed by atoms with Crippen molar-refractivity contribution < 1.29 is 9.15 Å². The van der Waals surface area contributed by atoms with Gasteiger partial charge in [-0.3, -0.25) is 0 Å². The lowest BCUT2D eigenvalue weighted by atomic mass is 9.66. The minimum atomic E-state index is -0.556. The normalized spacial score (nSPS) is 14.1. The van der Waals surface area contributed by atoms with E-state index in [0.717, 1.165) is 78.7 Å². The summed E-state index contributed by atoms with van der Waals surface area (Å²) in [5.74, 6) is 1.69. The van der Waals surface area contributed by atoms with Crippen LogP contribution in [-0.2, 0) is 10.8 Å². The van der Waals surface area contributed by atoms with E-state index in [2.05, 4.69) is 248 Å². The lowest BCUT2D eigenvalue weighted by Gasteiger charge is -2.40. The van der Waals surface area contributed by atoms with Gasteiger partial charge in [0.25, 0.3) is 0 Å². The summed E-state index contributed by atoms with van der Waals surface area (Å²) >= 11 is 0. The first kappa shape index (κ1) is 38.6. The number of fused-ring (bicyclic) bond motifs is 15. The number of para-hydroxylation sites is 3. The summed E-state index contributed by atoms with van der Waals surface area (Å²) in [6, 6.07) is 83.4. The summed E-state index contributed by atoms with van der Waals surface area (Å²) in [4.78, 5) is 4.74. The second kappa shape index (κ2) is 14.4. The van der Waals surface area contributed by atoms with Crippen molar-refractivity contribution >= 4 is 56.1 Å². The van der Waals surface area contributed by atoms with E-state index in [1.54, 1.807) is 0 Å². The van der Waals surface area contributed by atoms with E-state index in [9.17, 15) is 0 Å². The molecule has 11 aromatic rings. The first-order valence-electron chi connectivity index (χ1n) is 23.5. The Hall–Kier alpha value is -8.60. The molecule has 0 amide bonds. The molecule has 2 aliphatic carbocycles. The third-order valence-electron chi connectivity index (χ3n) is 14.9. The summed E-state index contributed by atoms with van der Waals surface area (Å²) < 4.78 is 13.6. The molecule has 68 heavy (non-hydrogen) atoms. The zero-order valence-corrected chi connectivity index (χ0v) is 37.7. The van der Waals surface area contributed by atoms with Gasteiger partial charge in [0.15, 0.2) is 0 Å². The van der Waals surface area contributed by atoms with Crippen LogP contribution in [0.3, 0.4) is 0 Å². The molecule has 0 N–H and O–H groups in total. The van der Waals surface area contributed by atoms with Crippen LogP contribution >= 0.6 is 0 Å². The van der Waals surface area contributed by atoms with Crippen molar-refractivity contribution in [2.75, 3.05) is 9.80 Å². The molecule has 1 spiro atoms. The molecule has 322 valence electrons. The van der Waals surface area contributed by atoms with Gasteiger partial charge in [-0.15, -0.1) is 0 Å². The molecule has 3 aliphatic rings. The lowest BCUT2D eigenvalue weighted by Crippen LogP contribution is -2.32. The molecule has 0 unspecified atom stereocenters. The highest BCUT2D eigenvalue weighted by Crippen LogP contribution is 2.63. The van der Waals surface area contributed by atoms with Crippen molar-refractivity contribution in [3.8, 4) is 33.8 Å². The second-order valence-corrected chi connectivity index (χ2v) is 18.8. The van der Waals surface area contributed by atoms with Crippen LogP contribution < -0.4 is 14.5 Å². The maximum absolute atomic E-state index is 7.06. The standard InChI is InChI=1S/C64H44N2O2/c1-63(2)51-23-10-6-19-46(51)49-37-35-44(39-56(49)63)65(41-17-4-3-5-18-41)42-31-33-43(34-32-42)66(57-27-16-30-60-62(57)50-22-9-14-28-58(50)67-60)45-36-38-55-61(40-45)68-59-29-15-13-26-54(59)64(55)52-24-11-7-20-47(52)48-21-8-12-25-53(48)64/h3-40H,1-2H3. The van der Waals surface area contributed by atoms with Gasteiger partial charge in [0.1, 0.15) is 22.7 Å². The molecule has 0 radical (unpaired) electrons. The van der Waals surface area contributed by atoms with Gasteiger partial charge in [-0.25, -0.2) is 0 Å². The number of nitrogens with zero attached hydrogens (tertiary/aromatic N) is 2. The number of anilines is 6. The Morgan fingerprint density at radius 3 is 1.60 bits per heavy atom. The molecule has 0 bridgehead atoms. The highest BCUT2D eigenvalue weighted by molar-refractivity contribution is 6.13. The number of benzene rings is 10. The summed E-state index contributed by atoms with van der Waals surface area (Å²) in [5.41, 5.74) is 19.9. The van der Waals surface area contributed by atoms with Gasteiger partial charge in [0.05, 0.1) is 16.5 Å². The topological polar surface area (TPSA) is 28.9 Å². The zero-order chi connectivity index (χ0) is 45.1. The zero-order valence-electron chi connectivity index (χ0n) is 37.7. The van der Waals surface area contributed by atoms with Gasteiger partial charge in [0, 0.05) is 56.4 Å². The smallest absolute Gasteiger partial charge is 0.137 e. The van der Waals surface area contributed by atoms with Crippen molar-refractivity contribution in [3.63, 3.8) is 0 Å². The molecule has 14 rings (SSSR count). The number of furan rings is 1. The molecule has 1 aliphatic heterocycles. The first-order valence-corrected chi connectivity index (χ1v) is 23.5. The maximum atomic E-state index is 7.06. The molecule has 0 saturated heterocycles. The second-order valence-electron chi connectivity index (χ2n) is 18.8. The van der Waals surface area contributed by atoms with Crippen LogP contribution in [0.1, 0.15) is 47.2 Å². The third-order valence-corrected chi connectivity index (χ3v) is 14.9. The predicted octanol–water partition coefficient (Wildman–Crippen LogP) is 17.3. The fraction of sp³-hybridized carbons (Fsp3) is 0.0625. The van der Waals surface area contributed by atoms with Gasteiger partial charge < -0.3 is 19.0 Å². The number of rotatable bonds is 6. The van der Waals surface area contributed by atoms with Crippen molar-refractivity contribution in [1.82, 2.24) is 0 Å². The van der Waals surface area contributed by atoms with Crippen molar-refractivity contribution in [2.45, 2.75) is 24.7 Å². The van der Waals surface area contributed by atoms with E-state index >= 15 is 0 Å². The van der Waals surface area contributed by atoms with Crippen molar-refractivity contribution in [3.05, 3.63) is 264 Å².